The number of carbonyl (C=O) groups is 3. The summed E-state index contributed by atoms with van der Waals surface area (Å²) in [5, 5.41) is 0. The standard InChI is InChI=1S/C61H98O6/c1-4-7-10-13-16-19-22-25-27-28-29-30-31-32-34-36-39-42-45-48-51-54-60(63)66-57-58(56-65-59(62)53-50-47-44-41-38-35-24-21-18-15-12-9-6-3)67-61(64)55-52-49-46-43-40-37-33-26-23-20-17-14-11-8-5-2/h7,9-10,12,16,18-19,21,25-27,29-30,32-35,38,44,47,58H,4-6,8,11,13-15,17,20,22-24,28,31,36-37,39-43,45-46,48-57H2,1-3H3/b10-7-,12-9-,19-16-,21-18-,27-25-,30-29-,33-26-,34-32-,38-35-,47-44-. The number of hydrogen-bond donors (Lipinski definition) is 0. The predicted octanol–water partition coefficient (Wildman–Crippen LogP) is 18.1. The van der Waals surface area contributed by atoms with E-state index in [2.05, 4.69) is 130 Å². The summed E-state index contributed by atoms with van der Waals surface area (Å²) >= 11 is 0. The Morgan fingerprint density at radius 1 is 0.313 bits per heavy atom. The van der Waals surface area contributed by atoms with Gasteiger partial charge in [-0.1, -0.05) is 213 Å². The van der Waals surface area contributed by atoms with Gasteiger partial charge in [0.25, 0.3) is 0 Å². The third-order valence-corrected chi connectivity index (χ3v) is 10.9. The number of esters is 3. The Labute approximate surface area is 412 Å². The van der Waals surface area contributed by atoms with E-state index in [0.29, 0.717) is 19.3 Å². The molecule has 1 unspecified atom stereocenters. The summed E-state index contributed by atoms with van der Waals surface area (Å²) in [5.74, 6) is -1.03. The molecule has 0 aromatic heterocycles. The van der Waals surface area contributed by atoms with Gasteiger partial charge in [-0.25, -0.2) is 0 Å². The van der Waals surface area contributed by atoms with Gasteiger partial charge in [0.2, 0.25) is 0 Å². The zero-order valence-corrected chi connectivity index (χ0v) is 43.1. The van der Waals surface area contributed by atoms with Gasteiger partial charge in [-0.3, -0.25) is 14.4 Å². The predicted molar refractivity (Wildman–Crippen MR) is 288 cm³/mol. The molecule has 0 saturated carbocycles. The summed E-state index contributed by atoms with van der Waals surface area (Å²) in [7, 11) is 0. The SMILES string of the molecule is CC/C=C\C/C=C\C/C=C\C/C=C\C/C=C\CCCCCCCC(=O)OCC(COC(=O)CC/C=C\C/C=C\C/C=C\C/C=C\CC)OC(=O)CCCCCCC/C=C\CCCCCCCC. The average Bonchev–Trinajstić information content (AvgIpc) is 3.33. The van der Waals surface area contributed by atoms with Crippen molar-refractivity contribution in [1.29, 1.82) is 0 Å². The molecule has 1 atom stereocenters. The Morgan fingerprint density at radius 3 is 1.01 bits per heavy atom. The fraction of sp³-hybridized carbons (Fsp3) is 0.623. The van der Waals surface area contributed by atoms with E-state index in [1.54, 1.807) is 0 Å². The van der Waals surface area contributed by atoms with Crippen molar-refractivity contribution in [2.24, 2.45) is 0 Å². The first-order chi connectivity index (χ1) is 33.0. The van der Waals surface area contributed by atoms with Gasteiger partial charge < -0.3 is 14.2 Å². The number of ether oxygens (including phenoxy) is 3. The van der Waals surface area contributed by atoms with E-state index in [0.717, 1.165) is 128 Å². The second-order valence-electron chi connectivity index (χ2n) is 17.4. The fourth-order valence-electron chi connectivity index (χ4n) is 6.95. The van der Waals surface area contributed by atoms with Crippen LogP contribution in [0.3, 0.4) is 0 Å². The molecule has 0 heterocycles. The molecule has 378 valence electrons. The maximum atomic E-state index is 12.8. The second-order valence-corrected chi connectivity index (χ2v) is 17.4. The molecule has 67 heavy (non-hydrogen) atoms. The third kappa shape index (κ3) is 52.6. The Hall–Kier alpha value is -4.19. The van der Waals surface area contributed by atoms with Crippen LogP contribution in [0.5, 0.6) is 0 Å². The first kappa shape index (κ1) is 62.8. The van der Waals surface area contributed by atoms with Crippen molar-refractivity contribution < 1.29 is 28.6 Å². The van der Waals surface area contributed by atoms with Crippen molar-refractivity contribution >= 4 is 17.9 Å². The van der Waals surface area contributed by atoms with E-state index < -0.39 is 6.10 Å². The molecule has 0 rings (SSSR count). The molecule has 0 aliphatic carbocycles. The molecule has 6 nitrogen and oxygen atoms in total. The lowest BCUT2D eigenvalue weighted by Gasteiger charge is -2.18. The normalized spacial score (nSPS) is 13.1. The molecule has 0 aromatic rings. The van der Waals surface area contributed by atoms with Gasteiger partial charge >= 0.3 is 17.9 Å². The van der Waals surface area contributed by atoms with Crippen molar-refractivity contribution in [2.45, 2.75) is 232 Å². The van der Waals surface area contributed by atoms with Crippen LogP contribution in [0, 0.1) is 0 Å². The maximum absolute atomic E-state index is 12.8. The van der Waals surface area contributed by atoms with Gasteiger partial charge in [-0.2, -0.15) is 0 Å². The molecule has 0 aliphatic heterocycles. The van der Waals surface area contributed by atoms with Crippen molar-refractivity contribution in [3.63, 3.8) is 0 Å². The van der Waals surface area contributed by atoms with E-state index in [9.17, 15) is 14.4 Å². The van der Waals surface area contributed by atoms with Gasteiger partial charge in [0.1, 0.15) is 13.2 Å². The van der Waals surface area contributed by atoms with Gasteiger partial charge in [0.15, 0.2) is 6.10 Å². The highest BCUT2D eigenvalue weighted by Gasteiger charge is 2.19. The molecule has 0 N–H and O–H groups in total. The highest BCUT2D eigenvalue weighted by Crippen LogP contribution is 2.13. The number of unbranched alkanes of at least 4 members (excludes halogenated alkanes) is 16. The van der Waals surface area contributed by atoms with Crippen molar-refractivity contribution in [1.82, 2.24) is 0 Å². The van der Waals surface area contributed by atoms with E-state index in [1.165, 1.54) is 51.4 Å². The van der Waals surface area contributed by atoms with Crippen LogP contribution in [-0.2, 0) is 28.6 Å². The van der Waals surface area contributed by atoms with E-state index >= 15 is 0 Å². The van der Waals surface area contributed by atoms with Crippen LogP contribution in [0.25, 0.3) is 0 Å². The maximum Gasteiger partial charge on any atom is 0.306 e. The lowest BCUT2D eigenvalue weighted by molar-refractivity contribution is -0.166. The van der Waals surface area contributed by atoms with Crippen molar-refractivity contribution in [3.05, 3.63) is 122 Å². The van der Waals surface area contributed by atoms with Gasteiger partial charge in [0.05, 0.1) is 0 Å². The zero-order valence-electron chi connectivity index (χ0n) is 43.1. The summed E-state index contributed by atoms with van der Waals surface area (Å²) in [4.78, 5) is 38.0. The first-order valence-corrected chi connectivity index (χ1v) is 27.0. The summed E-state index contributed by atoms with van der Waals surface area (Å²) in [6.45, 7) is 6.30. The molecule has 0 radical (unpaired) electrons. The lowest BCUT2D eigenvalue weighted by Crippen LogP contribution is -2.30. The van der Waals surface area contributed by atoms with Crippen LogP contribution in [0.15, 0.2) is 122 Å². The van der Waals surface area contributed by atoms with Crippen LogP contribution in [0.1, 0.15) is 226 Å². The molecule has 0 saturated heterocycles. The summed E-state index contributed by atoms with van der Waals surface area (Å²) in [5.41, 5.74) is 0. The molecule has 6 heteroatoms. The molecule has 0 aliphatic rings. The van der Waals surface area contributed by atoms with Gasteiger partial charge in [0, 0.05) is 19.3 Å². The number of rotatable bonds is 47. The minimum Gasteiger partial charge on any atom is -0.462 e. The molecule has 0 aromatic carbocycles. The van der Waals surface area contributed by atoms with Crippen LogP contribution >= 0.6 is 0 Å². The molecular formula is C61H98O6. The van der Waals surface area contributed by atoms with E-state index in [4.69, 9.17) is 14.2 Å². The van der Waals surface area contributed by atoms with E-state index in [1.807, 2.05) is 12.2 Å². The number of carbonyl (C=O) groups excluding carboxylic acids is 3. The van der Waals surface area contributed by atoms with Crippen LogP contribution in [0.2, 0.25) is 0 Å². The Kier molecular flexibility index (Phi) is 51.0. The topological polar surface area (TPSA) is 78.9 Å². The van der Waals surface area contributed by atoms with Crippen LogP contribution < -0.4 is 0 Å². The first-order valence-electron chi connectivity index (χ1n) is 27.0. The second kappa shape index (κ2) is 54.4. The van der Waals surface area contributed by atoms with Gasteiger partial charge in [-0.15, -0.1) is 0 Å². The number of allylic oxidation sites excluding steroid dienone is 20. The lowest BCUT2D eigenvalue weighted by atomic mass is 10.1. The molecule has 0 bridgehead atoms. The Balaban J connectivity index is 4.50. The minimum atomic E-state index is -0.822. The molecule has 0 amide bonds. The third-order valence-electron chi connectivity index (χ3n) is 10.9. The molecule has 0 fully saturated rings. The van der Waals surface area contributed by atoms with E-state index in [-0.39, 0.29) is 37.5 Å². The minimum absolute atomic E-state index is 0.117. The summed E-state index contributed by atoms with van der Waals surface area (Å²) in [6.07, 6.45) is 74.8. The van der Waals surface area contributed by atoms with Gasteiger partial charge in [-0.05, 0) is 116 Å². The quantitative estimate of drug-likeness (QED) is 0.0262. The van der Waals surface area contributed by atoms with Crippen molar-refractivity contribution in [2.75, 3.05) is 13.2 Å². The Bertz CT molecular complexity index is 1440. The van der Waals surface area contributed by atoms with Crippen LogP contribution in [0.4, 0.5) is 0 Å². The largest absolute Gasteiger partial charge is 0.462 e. The molecule has 0 spiro atoms. The zero-order chi connectivity index (χ0) is 48.6. The highest BCUT2D eigenvalue weighted by molar-refractivity contribution is 5.71. The number of hydrogen-bond acceptors (Lipinski definition) is 6. The smallest absolute Gasteiger partial charge is 0.306 e. The summed E-state index contributed by atoms with van der Waals surface area (Å²) in [6, 6.07) is 0. The van der Waals surface area contributed by atoms with Crippen molar-refractivity contribution in [3.8, 4) is 0 Å². The highest BCUT2D eigenvalue weighted by atomic mass is 16.6. The fourth-order valence-corrected chi connectivity index (χ4v) is 6.95. The average molecular weight is 927 g/mol. The van der Waals surface area contributed by atoms with Crippen LogP contribution in [-0.4, -0.2) is 37.2 Å². The monoisotopic (exact) mass is 927 g/mol. The summed E-state index contributed by atoms with van der Waals surface area (Å²) < 4.78 is 16.7. The molecular weight excluding hydrogens is 829 g/mol. The Morgan fingerprint density at radius 2 is 0.612 bits per heavy atom.